The molecule has 0 unspecified atom stereocenters. The third kappa shape index (κ3) is 4.12. The zero-order chi connectivity index (χ0) is 14.2. The summed E-state index contributed by atoms with van der Waals surface area (Å²) in [6.07, 6.45) is 0.778. The lowest BCUT2D eigenvalue weighted by Gasteiger charge is -2.05. The highest BCUT2D eigenvalue weighted by Gasteiger charge is 2.03. The molecule has 0 atom stereocenters. The van der Waals surface area contributed by atoms with E-state index in [1.165, 1.54) is 0 Å². The van der Waals surface area contributed by atoms with Crippen molar-refractivity contribution < 1.29 is 4.79 Å². The Morgan fingerprint density at radius 2 is 1.80 bits per heavy atom. The number of aliphatic imine (C=N–C) groups is 1. The molecule has 20 heavy (non-hydrogen) atoms. The summed E-state index contributed by atoms with van der Waals surface area (Å²) in [4.78, 5) is 15.7. The first-order valence-corrected chi connectivity index (χ1v) is 6.70. The first kappa shape index (κ1) is 14.1. The molecule has 3 nitrogen and oxygen atoms in total. The van der Waals surface area contributed by atoms with Crippen LogP contribution in [0.25, 0.3) is 0 Å². The molecule has 2 rings (SSSR count). The van der Waals surface area contributed by atoms with E-state index in [1.807, 2.05) is 42.5 Å². The van der Waals surface area contributed by atoms with Gasteiger partial charge >= 0.3 is 0 Å². The minimum Gasteiger partial charge on any atom is -0.352 e. The highest BCUT2D eigenvalue weighted by molar-refractivity contribution is 7.78. The number of carbonyl (C=O) groups excluding carboxylic acids is 1. The van der Waals surface area contributed by atoms with E-state index in [4.69, 9.17) is 0 Å². The molecule has 0 aliphatic heterocycles. The summed E-state index contributed by atoms with van der Waals surface area (Å²) in [5.41, 5.74) is 2.61. The van der Waals surface area contributed by atoms with Crippen LogP contribution in [0.4, 0.5) is 5.69 Å². The van der Waals surface area contributed by atoms with Gasteiger partial charge in [-0.25, -0.2) is 0 Å². The van der Waals surface area contributed by atoms with Gasteiger partial charge in [0.1, 0.15) is 0 Å². The summed E-state index contributed by atoms with van der Waals surface area (Å²) in [7, 11) is 0. The molecule has 1 N–H and O–H groups in total. The maximum absolute atomic E-state index is 11.8. The summed E-state index contributed by atoms with van der Waals surface area (Å²) >= 11 is 4.55. The van der Waals surface area contributed by atoms with Crippen LogP contribution >= 0.6 is 12.2 Å². The molecule has 0 saturated heterocycles. The Morgan fingerprint density at radius 1 is 1.10 bits per heavy atom. The minimum atomic E-state index is -0.0486. The third-order valence-electron chi connectivity index (χ3n) is 2.85. The SMILES string of the molecule is O=C(NCCc1ccc(N=C=S)cc1)c1ccccc1. The average molecular weight is 282 g/mol. The zero-order valence-corrected chi connectivity index (χ0v) is 11.7. The predicted molar refractivity (Wildman–Crippen MR) is 83.6 cm³/mol. The molecule has 4 heteroatoms. The Balaban J connectivity index is 1.84. The van der Waals surface area contributed by atoms with Gasteiger partial charge in [0.15, 0.2) is 0 Å². The average Bonchev–Trinajstić information content (AvgIpc) is 2.50. The molecule has 2 aromatic rings. The quantitative estimate of drug-likeness (QED) is 0.674. The van der Waals surface area contributed by atoms with Gasteiger partial charge in [-0.15, -0.1) is 0 Å². The number of carbonyl (C=O) groups is 1. The highest BCUT2D eigenvalue weighted by Crippen LogP contribution is 2.12. The second-order valence-corrected chi connectivity index (χ2v) is 4.42. The zero-order valence-electron chi connectivity index (χ0n) is 10.9. The van der Waals surface area contributed by atoms with Crippen LogP contribution in [0.15, 0.2) is 59.6 Å². The van der Waals surface area contributed by atoms with Gasteiger partial charge in [0, 0.05) is 12.1 Å². The Labute approximate surface area is 123 Å². The van der Waals surface area contributed by atoms with Crippen LogP contribution in [0.3, 0.4) is 0 Å². The largest absolute Gasteiger partial charge is 0.352 e. The Morgan fingerprint density at radius 3 is 2.45 bits per heavy atom. The number of hydrogen-bond donors (Lipinski definition) is 1. The molecule has 1 amide bonds. The molecule has 0 heterocycles. The molecule has 0 saturated carbocycles. The van der Waals surface area contributed by atoms with Gasteiger partial charge < -0.3 is 5.32 Å². The highest BCUT2D eigenvalue weighted by atomic mass is 32.1. The van der Waals surface area contributed by atoms with E-state index in [0.717, 1.165) is 17.7 Å². The number of thiocarbonyl (C=S) groups is 1. The van der Waals surface area contributed by atoms with Crippen molar-refractivity contribution >= 4 is 29.0 Å². The van der Waals surface area contributed by atoms with Gasteiger partial charge in [0.25, 0.3) is 5.91 Å². The molecule has 0 aliphatic rings. The normalized spacial score (nSPS) is 9.60. The predicted octanol–water partition coefficient (Wildman–Crippen LogP) is 3.39. The van der Waals surface area contributed by atoms with E-state index in [1.54, 1.807) is 12.1 Å². The van der Waals surface area contributed by atoms with Gasteiger partial charge in [-0.3, -0.25) is 4.79 Å². The number of isothiocyanates is 1. The van der Waals surface area contributed by atoms with Crippen LogP contribution < -0.4 is 5.32 Å². The van der Waals surface area contributed by atoms with E-state index >= 15 is 0 Å². The van der Waals surface area contributed by atoms with Gasteiger partial charge in [-0.1, -0.05) is 30.3 Å². The van der Waals surface area contributed by atoms with Gasteiger partial charge in [-0.05, 0) is 48.5 Å². The number of rotatable bonds is 5. The van der Waals surface area contributed by atoms with Crippen LogP contribution in [-0.2, 0) is 6.42 Å². The van der Waals surface area contributed by atoms with Gasteiger partial charge in [0.05, 0.1) is 10.8 Å². The smallest absolute Gasteiger partial charge is 0.251 e. The van der Waals surface area contributed by atoms with Crippen molar-refractivity contribution in [1.82, 2.24) is 5.32 Å². The maximum atomic E-state index is 11.8. The molecule has 0 radical (unpaired) electrons. The van der Waals surface area contributed by atoms with E-state index < -0.39 is 0 Å². The summed E-state index contributed by atoms with van der Waals surface area (Å²) in [5, 5.41) is 5.23. The number of nitrogens with zero attached hydrogens (tertiary/aromatic N) is 1. The fourth-order valence-electron chi connectivity index (χ4n) is 1.80. The van der Waals surface area contributed by atoms with Gasteiger partial charge in [0.2, 0.25) is 0 Å². The molecule has 0 bridgehead atoms. The molecule has 0 spiro atoms. The molecular formula is C16H14N2OS. The van der Waals surface area contributed by atoms with Crippen molar-refractivity contribution in [2.45, 2.75) is 6.42 Å². The molecule has 0 aromatic heterocycles. The molecular weight excluding hydrogens is 268 g/mol. The van der Waals surface area contributed by atoms with Crippen molar-refractivity contribution in [2.75, 3.05) is 6.54 Å². The monoisotopic (exact) mass is 282 g/mol. The Kier molecular flexibility index (Phi) is 5.18. The number of nitrogens with one attached hydrogen (secondary N) is 1. The summed E-state index contributed by atoms with van der Waals surface area (Å²) < 4.78 is 0. The summed E-state index contributed by atoms with van der Waals surface area (Å²) in [6.45, 7) is 0.601. The second kappa shape index (κ2) is 7.34. The van der Waals surface area contributed by atoms with Crippen LogP contribution in [0, 0.1) is 0 Å². The second-order valence-electron chi connectivity index (χ2n) is 4.24. The van der Waals surface area contributed by atoms with E-state index in [9.17, 15) is 4.79 Å². The van der Waals surface area contributed by atoms with Crippen molar-refractivity contribution in [1.29, 1.82) is 0 Å². The standard InChI is InChI=1S/C16H14N2OS/c19-16(14-4-2-1-3-5-14)17-11-10-13-6-8-15(9-7-13)18-12-20/h1-9H,10-11H2,(H,17,19). The molecule has 0 fully saturated rings. The van der Waals surface area contributed by atoms with Gasteiger partial charge in [-0.2, -0.15) is 4.99 Å². The molecule has 2 aromatic carbocycles. The summed E-state index contributed by atoms with van der Waals surface area (Å²) in [5.74, 6) is -0.0486. The lowest BCUT2D eigenvalue weighted by Crippen LogP contribution is -2.25. The van der Waals surface area contributed by atoms with E-state index in [2.05, 4.69) is 27.7 Å². The molecule has 100 valence electrons. The fourth-order valence-corrected chi connectivity index (χ4v) is 1.91. The van der Waals surface area contributed by atoms with Crippen LogP contribution in [0.2, 0.25) is 0 Å². The lowest BCUT2D eigenvalue weighted by molar-refractivity contribution is 0.0954. The van der Waals surface area contributed by atoms with Crippen LogP contribution in [0.1, 0.15) is 15.9 Å². The lowest BCUT2D eigenvalue weighted by atomic mass is 10.1. The van der Waals surface area contributed by atoms with Crippen molar-refractivity contribution in [3.63, 3.8) is 0 Å². The maximum Gasteiger partial charge on any atom is 0.251 e. The van der Waals surface area contributed by atoms with Crippen molar-refractivity contribution in [3.8, 4) is 0 Å². The Bertz CT molecular complexity index is 617. The number of amides is 1. The first-order chi connectivity index (χ1) is 9.79. The van der Waals surface area contributed by atoms with Crippen LogP contribution in [0.5, 0.6) is 0 Å². The van der Waals surface area contributed by atoms with Crippen LogP contribution in [-0.4, -0.2) is 17.6 Å². The number of benzene rings is 2. The summed E-state index contributed by atoms with van der Waals surface area (Å²) in [6, 6.07) is 16.9. The fraction of sp³-hybridized carbons (Fsp3) is 0.125. The molecule has 0 aliphatic carbocycles. The minimum absolute atomic E-state index is 0.0486. The van der Waals surface area contributed by atoms with E-state index in [-0.39, 0.29) is 5.91 Å². The first-order valence-electron chi connectivity index (χ1n) is 6.29. The third-order valence-corrected chi connectivity index (χ3v) is 2.94. The number of hydrogen-bond acceptors (Lipinski definition) is 3. The topological polar surface area (TPSA) is 41.5 Å². The van der Waals surface area contributed by atoms with Crippen molar-refractivity contribution in [3.05, 3.63) is 65.7 Å². The van der Waals surface area contributed by atoms with Crippen molar-refractivity contribution in [2.24, 2.45) is 4.99 Å². The van der Waals surface area contributed by atoms with E-state index in [0.29, 0.717) is 12.1 Å². The Hall–Kier alpha value is -2.29.